The zero-order chi connectivity index (χ0) is 43.5. The predicted octanol–water partition coefficient (Wildman–Crippen LogP) is 18.0. The molecule has 0 radical (unpaired) electrons. The smallest absolute Gasteiger partial charge is 0.306 e. The van der Waals surface area contributed by atoms with Crippen LogP contribution in [0.15, 0.2) is 12.2 Å². The lowest BCUT2D eigenvalue weighted by Crippen LogP contribution is -2.28. The third-order valence-electron chi connectivity index (χ3n) is 12.6. The van der Waals surface area contributed by atoms with Crippen molar-refractivity contribution in [3.63, 3.8) is 0 Å². The largest absolute Gasteiger partial charge is 0.462 e. The first-order valence-electron chi connectivity index (χ1n) is 27.2. The summed E-state index contributed by atoms with van der Waals surface area (Å²) in [6.45, 7) is 4.19. The Morgan fingerprint density at radius 2 is 0.617 bits per heavy atom. The number of allylic oxidation sites excluding steroid dienone is 2. The molecular weight excluding hydrogens is 741 g/mol. The van der Waals surface area contributed by atoms with E-state index in [2.05, 4.69) is 26.0 Å². The summed E-state index contributed by atoms with van der Waals surface area (Å²) in [5.74, 6) is -0.569. The first-order valence-corrected chi connectivity index (χ1v) is 27.2. The SMILES string of the molecule is CCCCCCCCCC/C=C\CCCCCCCCCCCCCCCC(=O)OC(CO)COC(=O)CCCCCCCCCCCCCCCCCCCCCCC. The van der Waals surface area contributed by atoms with Gasteiger partial charge >= 0.3 is 11.9 Å². The lowest BCUT2D eigenvalue weighted by Gasteiger charge is -2.15. The van der Waals surface area contributed by atoms with E-state index in [1.807, 2.05) is 0 Å². The molecule has 0 bridgehead atoms. The highest BCUT2D eigenvalue weighted by Gasteiger charge is 2.16. The van der Waals surface area contributed by atoms with E-state index in [9.17, 15) is 14.7 Å². The third-order valence-corrected chi connectivity index (χ3v) is 12.6. The average molecular weight is 847 g/mol. The Hall–Kier alpha value is -1.36. The number of aliphatic hydroxyl groups is 1. The van der Waals surface area contributed by atoms with Crippen molar-refractivity contribution in [3.8, 4) is 0 Å². The summed E-state index contributed by atoms with van der Waals surface area (Å²) in [6.07, 6.45) is 63.2. The fourth-order valence-corrected chi connectivity index (χ4v) is 8.44. The van der Waals surface area contributed by atoms with E-state index in [0.29, 0.717) is 12.8 Å². The second-order valence-electron chi connectivity index (χ2n) is 18.7. The highest BCUT2D eigenvalue weighted by Crippen LogP contribution is 2.17. The molecular formula is C55H106O5. The van der Waals surface area contributed by atoms with Gasteiger partial charge in [0.15, 0.2) is 6.10 Å². The number of rotatable bonds is 51. The van der Waals surface area contributed by atoms with Crippen LogP contribution in [-0.2, 0) is 19.1 Å². The number of carbonyl (C=O) groups is 2. The number of hydrogen-bond donors (Lipinski definition) is 1. The molecule has 0 heterocycles. The van der Waals surface area contributed by atoms with Crippen LogP contribution in [0.4, 0.5) is 0 Å². The van der Waals surface area contributed by atoms with Crippen molar-refractivity contribution >= 4 is 11.9 Å². The summed E-state index contributed by atoms with van der Waals surface area (Å²) in [5.41, 5.74) is 0. The van der Waals surface area contributed by atoms with Gasteiger partial charge in [-0.15, -0.1) is 0 Å². The Labute approximate surface area is 375 Å². The van der Waals surface area contributed by atoms with E-state index in [1.165, 1.54) is 250 Å². The van der Waals surface area contributed by atoms with Gasteiger partial charge in [-0.3, -0.25) is 9.59 Å². The number of hydrogen-bond acceptors (Lipinski definition) is 5. The lowest BCUT2D eigenvalue weighted by atomic mass is 10.0. The Bertz CT molecular complexity index is 871. The van der Waals surface area contributed by atoms with Crippen LogP contribution < -0.4 is 0 Å². The van der Waals surface area contributed by atoms with Crippen LogP contribution in [-0.4, -0.2) is 36.4 Å². The van der Waals surface area contributed by atoms with Crippen LogP contribution in [0.3, 0.4) is 0 Å². The van der Waals surface area contributed by atoms with Gasteiger partial charge in [0, 0.05) is 12.8 Å². The van der Waals surface area contributed by atoms with Gasteiger partial charge in [0.05, 0.1) is 6.61 Å². The zero-order valence-corrected chi connectivity index (χ0v) is 40.8. The molecule has 0 aliphatic heterocycles. The molecule has 356 valence electrons. The van der Waals surface area contributed by atoms with Crippen LogP contribution in [0.1, 0.15) is 309 Å². The van der Waals surface area contributed by atoms with Crippen LogP contribution in [0, 0.1) is 0 Å². The van der Waals surface area contributed by atoms with Crippen molar-refractivity contribution in [1.29, 1.82) is 0 Å². The minimum Gasteiger partial charge on any atom is -0.462 e. The van der Waals surface area contributed by atoms with Crippen molar-refractivity contribution in [3.05, 3.63) is 12.2 Å². The molecule has 60 heavy (non-hydrogen) atoms. The first kappa shape index (κ1) is 58.6. The molecule has 0 fully saturated rings. The van der Waals surface area contributed by atoms with E-state index in [1.54, 1.807) is 0 Å². The maximum absolute atomic E-state index is 12.3. The van der Waals surface area contributed by atoms with Crippen molar-refractivity contribution in [2.24, 2.45) is 0 Å². The highest BCUT2D eigenvalue weighted by atomic mass is 16.6. The molecule has 0 aromatic rings. The second kappa shape index (κ2) is 52.0. The van der Waals surface area contributed by atoms with Gasteiger partial charge in [0.25, 0.3) is 0 Å². The maximum atomic E-state index is 12.3. The van der Waals surface area contributed by atoms with E-state index in [-0.39, 0.29) is 25.2 Å². The highest BCUT2D eigenvalue weighted by molar-refractivity contribution is 5.70. The van der Waals surface area contributed by atoms with Crippen molar-refractivity contribution < 1.29 is 24.2 Å². The van der Waals surface area contributed by atoms with E-state index < -0.39 is 6.10 Å². The maximum Gasteiger partial charge on any atom is 0.306 e. The lowest BCUT2D eigenvalue weighted by molar-refractivity contribution is -0.161. The molecule has 0 saturated heterocycles. The number of aliphatic hydroxyl groups excluding tert-OH is 1. The third kappa shape index (κ3) is 49.3. The molecule has 0 amide bonds. The summed E-state index contributed by atoms with van der Waals surface area (Å²) in [7, 11) is 0. The molecule has 0 aliphatic carbocycles. The minimum absolute atomic E-state index is 0.0581. The van der Waals surface area contributed by atoms with E-state index in [4.69, 9.17) is 9.47 Å². The summed E-state index contributed by atoms with van der Waals surface area (Å²) in [4.78, 5) is 24.5. The molecule has 0 rings (SSSR count). The molecule has 0 saturated carbocycles. The standard InChI is InChI=1S/C55H106O5/c1-3-5-7-9-11-13-15-17-19-21-23-25-26-27-28-30-32-34-36-38-40-42-44-46-48-50-55(58)60-53(51-56)52-59-54(57)49-47-45-43-41-39-37-35-33-31-29-24-22-20-18-16-14-12-10-8-6-4-2/h21,23,53,56H,3-20,22,24-52H2,1-2H3/b23-21-. The molecule has 0 aromatic carbocycles. The normalized spacial score (nSPS) is 12.1. The molecule has 1 N–H and O–H groups in total. The van der Waals surface area contributed by atoms with Gasteiger partial charge in [-0.2, -0.15) is 0 Å². The van der Waals surface area contributed by atoms with Gasteiger partial charge < -0.3 is 14.6 Å². The van der Waals surface area contributed by atoms with Crippen LogP contribution in [0.5, 0.6) is 0 Å². The molecule has 5 nitrogen and oxygen atoms in total. The summed E-state index contributed by atoms with van der Waals surface area (Å²) < 4.78 is 10.7. The van der Waals surface area contributed by atoms with Gasteiger partial charge in [-0.05, 0) is 38.5 Å². The molecule has 1 unspecified atom stereocenters. The fraction of sp³-hybridized carbons (Fsp3) is 0.927. The van der Waals surface area contributed by atoms with Gasteiger partial charge in [0.1, 0.15) is 6.61 Å². The Morgan fingerprint density at radius 1 is 0.367 bits per heavy atom. The van der Waals surface area contributed by atoms with Gasteiger partial charge in [0.2, 0.25) is 0 Å². The van der Waals surface area contributed by atoms with E-state index in [0.717, 1.165) is 32.1 Å². The number of esters is 2. The van der Waals surface area contributed by atoms with Crippen molar-refractivity contribution in [2.75, 3.05) is 13.2 Å². The average Bonchev–Trinajstić information content (AvgIpc) is 3.25. The number of unbranched alkanes of at least 4 members (excludes halogenated alkanes) is 41. The van der Waals surface area contributed by atoms with Crippen LogP contribution in [0.25, 0.3) is 0 Å². The zero-order valence-electron chi connectivity index (χ0n) is 40.8. The van der Waals surface area contributed by atoms with Crippen LogP contribution >= 0.6 is 0 Å². The Morgan fingerprint density at radius 3 is 0.900 bits per heavy atom. The summed E-state index contributed by atoms with van der Waals surface area (Å²) in [6, 6.07) is 0. The topological polar surface area (TPSA) is 72.8 Å². The molecule has 5 heteroatoms. The second-order valence-corrected chi connectivity index (χ2v) is 18.7. The predicted molar refractivity (Wildman–Crippen MR) is 261 cm³/mol. The fourth-order valence-electron chi connectivity index (χ4n) is 8.44. The first-order chi connectivity index (χ1) is 29.6. The summed E-state index contributed by atoms with van der Waals surface area (Å²) in [5, 5.41) is 9.64. The van der Waals surface area contributed by atoms with E-state index >= 15 is 0 Å². The Kier molecular flexibility index (Phi) is 50.8. The molecule has 0 aromatic heterocycles. The minimum atomic E-state index is -0.766. The molecule has 0 spiro atoms. The van der Waals surface area contributed by atoms with Crippen molar-refractivity contribution in [2.45, 2.75) is 315 Å². The number of ether oxygens (including phenoxy) is 2. The van der Waals surface area contributed by atoms with Crippen molar-refractivity contribution in [1.82, 2.24) is 0 Å². The van der Waals surface area contributed by atoms with Crippen LogP contribution in [0.2, 0.25) is 0 Å². The summed E-state index contributed by atoms with van der Waals surface area (Å²) >= 11 is 0. The van der Waals surface area contributed by atoms with Gasteiger partial charge in [-0.1, -0.05) is 270 Å². The van der Waals surface area contributed by atoms with Gasteiger partial charge in [-0.25, -0.2) is 0 Å². The molecule has 0 aliphatic rings. The Balaban J connectivity index is 3.43. The molecule has 1 atom stereocenters. The monoisotopic (exact) mass is 847 g/mol. The number of carbonyl (C=O) groups excluding carboxylic acids is 2. The quantitative estimate of drug-likeness (QED) is 0.0375.